The van der Waals surface area contributed by atoms with Gasteiger partial charge in [0.1, 0.15) is 0 Å². The van der Waals surface area contributed by atoms with E-state index < -0.39 is 5.41 Å². The molecule has 0 amide bonds. The topological polar surface area (TPSA) is 0 Å². The quantitative estimate of drug-likeness (QED) is 0.472. The summed E-state index contributed by atoms with van der Waals surface area (Å²) in [5.74, 6) is 0. The molecular weight excluding hydrogens is 372 g/mol. The van der Waals surface area contributed by atoms with Crippen molar-refractivity contribution in [3.05, 3.63) is 143 Å². The molecule has 0 atom stereocenters. The first kappa shape index (κ1) is 21.1. The molecule has 2 aliphatic rings. The van der Waals surface area contributed by atoms with Crippen molar-refractivity contribution in [2.24, 2.45) is 0 Å². The minimum Gasteiger partial charge on any atom is -0.0987 e. The zero-order chi connectivity index (χ0) is 22.2. The van der Waals surface area contributed by atoms with Gasteiger partial charge in [0.25, 0.3) is 0 Å². The summed E-state index contributed by atoms with van der Waals surface area (Å²) in [4.78, 5) is 0. The maximum atomic E-state index is 4.32. The van der Waals surface area contributed by atoms with Crippen LogP contribution in [-0.2, 0) is 10.8 Å². The van der Waals surface area contributed by atoms with Crippen LogP contribution in [0.5, 0.6) is 0 Å². The average molecular weight is 405 g/mol. The van der Waals surface area contributed by atoms with Crippen LogP contribution >= 0.6 is 0 Å². The summed E-state index contributed by atoms with van der Waals surface area (Å²) in [6, 6.07) is 17.9. The van der Waals surface area contributed by atoms with Gasteiger partial charge in [0.2, 0.25) is 0 Å². The SMILES string of the molecule is C=CC1=C(/C=C\C)C2(C(C=C)=C1/C=C\CC)c1ccccc1C(C)(C)c1ccccc12. The average Bonchev–Trinajstić information content (AvgIpc) is 3.06. The number of hydrogen-bond acceptors (Lipinski definition) is 0. The molecule has 0 aliphatic heterocycles. The summed E-state index contributed by atoms with van der Waals surface area (Å²) in [7, 11) is 0. The highest BCUT2D eigenvalue weighted by Crippen LogP contribution is 2.61. The Labute approximate surface area is 187 Å². The van der Waals surface area contributed by atoms with E-state index >= 15 is 0 Å². The molecule has 0 unspecified atom stereocenters. The first-order valence-electron chi connectivity index (χ1n) is 11.2. The molecule has 1 spiro atoms. The molecule has 0 fully saturated rings. The number of allylic oxidation sites excluding steroid dienone is 10. The van der Waals surface area contributed by atoms with E-state index in [1.54, 1.807) is 0 Å². The van der Waals surface area contributed by atoms with Crippen molar-refractivity contribution in [1.29, 1.82) is 0 Å². The minimum atomic E-state index is -0.395. The van der Waals surface area contributed by atoms with Gasteiger partial charge in [0.15, 0.2) is 0 Å². The summed E-state index contributed by atoms with van der Waals surface area (Å²) < 4.78 is 0. The summed E-state index contributed by atoms with van der Waals surface area (Å²) in [5, 5.41) is 0. The third-order valence-corrected chi connectivity index (χ3v) is 6.95. The molecule has 31 heavy (non-hydrogen) atoms. The second-order valence-corrected chi connectivity index (χ2v) is 8.84. The molecule has 0 saturated carbocycles. The monoisotopic (exact) mass is 404 g/mol. The van der Waals surface area contributed by atoms with Crippen LogP contribution in [0.3, 0.4) is 0 Å². The zero-order valence-electron chi connectivity index (χ0n) is 19.2. The highest BCUT2D eigenvalue weighted by molar-refractivity contribution is 5.80. The molecule has 4 rings (SSSR count). The van der Waals surface area contributed by atoms with Gasteiger partial charge in [-0.25, -0.2) is 0 Å². The van der Waals surface area contributed by atoms with E-state index in [-0.39, 0.29) is 5.41 Å². The van der Waals surface area contributed by atoms with E-state index in [0.29, 0.717) is 0 Å². The number of fused-ring (bicyclic) bond motifs is 4. The Morgan fingerprint density at radius 2 is 1.29 bits per heavy atom. The lowest BCUT2D eigenvalue weighted by Crippen LogP contribution is -2.41. The maximum absolute atomic E-state index is 4.32. The molecular formula is C31H32. The molecule has 0 aromatic heterocycles. The van der Waals surface area contributed by atoms with Gasteiger partial charge in [0.05, 0.1) is 5.41 Å². The van der Waals surface area contributed by atoms with Crippen LogP contribution in [0.1, 0.15) is 56.4 Å². The number of hydrogen-bond donors (Lipinski definition) is 0. The van der Waals surface area contributed by atoms with Crippen LogP contribution in [0.15, 0.2) is 120 Å². The van der Waals surface area contributed by atoms with E-state index in [1.165, 1.54) is 44.5 Å². The molecule has 2 aromatic carbocycles. The van der Waals surface area contributed by atoms with Crippen molar-refractivity contribution >= 4 is 0 Å². The number of rotatable bonds is 5. The van der Waals surface area contributed by atoms with Crippen molar-refractivity contribution in [3.63, 3.8) is 0 Å². The predicted octanol–water partition coefficient (Wildman–Crippen LogP) is 8.13. The van der Waals surface area contributed by atoms with E-state index in [9.17, 15) is 0 Å². The molecule has 2 aromatic rings. The van der Waals surface area contributed by atoms with Crippen molar-refractivity contribution in [3.8, 4) is 0 Å². The van der Waals surface area contributed by atoms with Gasteiger partial charge in [-0.15, -0.1) is 0 Å². The first-order valence-corrected chi connectivity index (χ1v) is 11.2. The molecule has 0 heteroatoms. The Morgan fingerprint density at radius 3 is 1.74 bits per heavy atom. The predicted molar refractivity (Wildman–Crippen MR) is 134 cm³/mol. The van der Waals surface area contributed by atoms with Crippen LogP contribution in [-0.4, -0.2) is 0 Å². The van der Waals surface area contributed by atoms with Gasteiger partial charge in [-0.05, 0) is 57.9 Å². The van der Waals surface area contributed by atoms with Gasteiger partial charge >= 0.3 is 0 Å². The molecule has 0 saturated heterocycles. The van der Waals surface area contributed by atoms with Gasteiger partial charge < -0.3 is 0 Å². The molecule has 2 aliphatic carbocycles. The second-order valence-electron chi connectivity index (χ2n) is 8.84. The van der Waals surface area contributed by atoms with Crippen molar-refractivity contribution in [1.82, 2.24) is 0 Å². The summed E-state index contributed by atoms with van der Waals surface area (Å²) in [6.07, 6.45) is 14.0. The summed E-state index contributed by atoms with van der Waals surface area (Å²) in [5.41, 5.74) is 9.92. The Morgan fingerprint density at radius 1 is 0.742 bits per heavy atom. The molecule has 0 bridgehead atoms. The van der Waals surface area contributed by atoms with E-state index in [4.69, 9.17) is 0 Å². The first-order chi connectivity index (χ1) is 15.0. The lowest BCUT2D eigenvalue weighted by Gasteiger charge is -2.47. The lowest BCUT2D eigenvalue weighted by atomic mass is 9.54. The van der Waals surface area contributed by atoms with Crippen molar-refractivity contribution < 1.29 is 0 Å². The van der Waals surface area contributed by atoms with Crippen LogP contribution in [0, 0.1) is 0 Å². The molecule has 156 valence electrons. The van der Waals surface area contributed by atoms with Crippen molar-refractivity contribution in [2.45, 2.75) is 44.9 Å². The number of benzene rings is 2. The molecule has 0 heterocycles. The molecule has 0 N–H and O–H groups in total. The van der Waals surface area contributed by atoms with Crippen LogP contribution in [0.2, 0.25) is 0 Å². The standard InChI is InChI=1S/C31H32/c1-7-11-17-23-22(9-3)25(16-8-2)31(24(23)10-4)28-20-14-12-18-26(28)30(5,6)27-19-13-15-21-29(27)31/h8-21H,3-4,7H2,1-2,5-6H3/b16-8-,17-11-. The highest BCUT2D eigenvalue weighted by atomic mass is 14.5. The molecule has 0 radical (unpaired) electrons. The van der Waals surface area contributed by atoms with E-state index in [1.807, 2.05) is 6.08 Å². The summed E-state index contributed by atoms with van der Waals surface area (Å²) >= 11 is 0. The van der Waals surface area contributed by atoms with E-state index in [0.717, 1.165) is 6.42 Å². The normalized spacial score (nSPS) is 18.7. The minimum absolute atomic E-state index is 0.0812. The third kappa shape index (κ3) is 2.74. The fourth-order valence-corrected chi connectivity index (χ4v) is 5.70. The van der Waals surface area contributed by atoms with Crippen molar-refractivity contribution in [2.75, 3.05) is 0 Å². The Balaban J connectivity index is 2.28. The van der Waals surface area contributed by atoms with Crippen LogP contribution in [0.4, 0.5) is 0 Å². The second kappa shape index (κ2) is 7.85. The highest BCUT2D eigenvalue weighted by Gasteiger charge is 2.53. The van der Waals surface area contributed by atoms with E-state index in [2.05, 4.69) is 120 Å². The summed E-state index contributed by atoms with van der Waals surface area (Å²) in [6.45, 7) is 17.5. The fraction of sp³-hybridized carbons (Fsp3) is 0.226. The Hall–Kier alpha value is -3.12. The van der Waals surface area contributed by atoms with Gasteiger partial charge in [-0.2, -0.15) is 0 Å². The van der Waals surface area contributed by atoms with Crippen LogP contribution in [0.25, 0.3) is 0 Å². The molecule has 0 nitrogen and oxygen atoms in total. The van der Waals surface area contributed by atoms with Gasteiger partial charge in [0, 0.05) is 5.41 Å². The largest absolute Gasteiger partial charge is 0.0987 e. The zero-order valence-corrected chi connectivity index (χ0v) is 19.2. The van der Waals surface area contributed by atoms with Crippen LogP contribution < -0.4 is 0 Å². The van der Waals surface area contributed by atoms with Gasteiger partial charge in [-0.3, -0.25) is 0 Å². The maximum Gasteiger partial charge on any atom is 0.0719 e. The Kier molecular flexibility index (Phi) is 5.35. The Bertz CT molecular complexity index is 1120. The fourth-order valence-electron chi connectivity index (χ4n) is 5.70. The smallest absolute Gasteiger partial charge is 0.0719 e. The van der Waals surface area contributed by atoms with Gasteiger partial charge in [-0.1, -0.05) is 119 Å². The third-order valence-electron chi connectivity index (χ3n) is 6.95. The lowest BCUT2D eigenvalue weighted by molar-refractivity contribution is 0.560.